The number of amides is 1. The maximum absolute atomic E-state index is 12.7. The van der Waals surface area contributed by atoms with E-state index in [-0.39, 0.29) is 12.5 Å². The van der Waals surface area contributed by atoms with Gasteiger partial charge in [0.15, 0.2) is 5.96 Å². The van der Waals surface area contributed by atoms with Gasteiger partial charge in [0.1, 0.15) is 0 Å². The molecule has 0 bridgehead atoms. The number of aliphatic imine (C=N–C) groups is 1. The fourth-order valence-electron chi connectivity index (χ4n) is 3.70. The van der Waals surface area contributed by atoms with Crippen LogP contribution < -0.4 is 10.6 Å². The third-order valence-corrected chi connectivity index (χ3v) is 5.23. The van der Waals surface area contributed by atoms with Gasteiger partial charge in [-0.15, -0.1) is 0 Å². The SMILES string of the molecule is CCNC(=NCC1(C(=O)N(C)C)CCCC1)NCC(O)COCc1ccccc1. The molecule has 1 aliphatic rings. The molecule has 1 atom stereocenters. The van der Waals surface area contributed by atoms with Gasteiger partial charge in [0, 0.05) is 27.2 Å². The van der Waals surface area contributed by atoms with Crippen LogP contribution in [-0.4, -0.2) is 68.3 Å². The number of aliphatic hydroxyl groups is 1. The molecule has 0 saturated heterocycles. The van der Waals surface area contributed by atoms with Crippen LogP contribution in [0.25, 0.3) is 0 Å². The Hall–Kier alpha value is -2.12. The molecular weight excluding hydrogens is 368 g/mol. The first-order chi connectivity index (χ1) is 14.0. The number of carbonyl (C=O) groups excluding carboxylic acids is 1. The van der Waals surface area contributed by atoms with Crippen LogP contribution in [0, 0.1) is 5.41 Å². The number of aliphatic hydroxyl groups excluding tert-OH is 1. The van der Waals surface area contributed by atoms with Crippen molar-refractivity contribution in [2.24, 2.45) is 10.4 Å². The monoisotopic (exact) mass is 404 g/mol. The van der Waals surface area contributed by atoms with Gasteiger partial charge in [0.2, 0.25) is 5.91 Å². The summed E-state index contributed by atoms with van der Waals surface area (Å²) in [7, 11) is 3.61. The lowest BCUT2D eigenvalue weighted by atomic mass is 9.85. The zero-order chi connectivity index (χ0) is 21.1. The first kappa shape index (κ1) is 23.2. The number of benzene rings is 1. The van der Waals surface area contributed by atoms with Crippen molar-refractivity contribution in [2.45, 2.75) is 45.3 Å². The van der Waals surface area contributed by atoms with Crippen LogP contribution in [0.3, 0.4) is 0 Å². The minimum atomic E-state index is -0.647. The summed E-state index contributed by atoms with van der Waals surface area (Å²) in [5, 5.41) is 16.6. The molecule has 29 heavy (non-hydrogen) atoms. The summed E-state index contributed by atoms with van der Waals surface area (Å²) in [6.07, 6.45) is 3.24. The Morgan fingerprint density at radius 3 is 2.55 bits per heavy atom. The van der Waals surface area contributed by atoms with Gasteiger partial charge in [-0.3, -0.25) is 9.79 Å². The molecule has 1 saturated carbocycles. The van der Waals surface area contributed by atoms with E-state index in [0.29, 0.717) is 32.2 Å². The predicted octanol–water partition coefficient (Wildman–Crippen LogP) is 1.77. The van der Waals surface area contributed by atoms with Crippen LogP contribution in [0.5, 0.6) is 0 Å². The van der Waals surface area contributed by atoms with Crippen LogP contribution in [0.15, 0.2) is 35.3 Å². The van der Waals surface area contributed by atoms with Crippen LogP contribution in [0.4, 0.5) is 0 Å². The summed E-state index contributed by atoms with van der Waals surface area (Å²) in [5.41, 5.74) is 0.679. The molecule has 7 heteroatoms. The molecule has 3 N–H and O–H groups in total. The van der Waals surface area contributed by atoms with E-state index in [4.69, 9.17) is 4.74 Å². The van der Waals surface area contributed by atoms with Gasteiger partial charge < -0.3 is 25.4 Å². The van der Waals surface area contributed by atoms with E-state index in [1.807, 2.05) is 37.3 Å². The van der Waals surface area contributed by atoms with Crippen molar-refractivity contribution in [3.63, 3.8) is 0 Å². The number of hydrogen-bond donors (Lipinski definition) is 3. The Balaban J connectivity index is 1.84. The summed E-state index contributed by atoms with van der Waals surface area (Å²) < 4.78 is 5.59. The zero-order valence-electron chi connectivity index (χ0n) is 18.0. The Kier molecular flexibility index (Phi) is 9.41. The van der Waals surface area contributed by atoms with Crippen molar-refractivity contribution in [1.82, 2.24) is 15.5 Å². The normalized spacial score (nSPS) is 17.0. The smallest absolute Gasteiger partial charge is 0.230 e. The van der Waals surface area contributed by atoms with Crippen molar-refractivity contribution >= 4 is 11.9 Å². The molecule has 1 amide bonds. The number of nitrogens with zero attached hydrogens (tertiary/aromatic N) is 2. The van der Waals surface area contributed by atoms with E-state index in [2.05, 4.69) is 15.6 Å². The molecule has 0 heterocycles. The van der Waals surface area contributed by atoms with Gasteiger partial charge in [-0.2, -0.15) is 0 Å². The van der Waals surface area contributed by atoms with Crippen LogP contribution in [0.1, 0.15) is 38.2 Å². The molecule has 1 aromatic carbocycles. The van der Waals surface area contributed by atoms with E-state index >= 15 is 0 Å². The third-order valence-electron chi connectivity index (χ3n) is 5.23. The molecule has 0 radical (unpaired) electrons. The molecule has 0 spiro atoms. The maximum atomic E-state index is 12.7. The lowest BCUT2D eigenvalue weighted by Gasteiger charge is -2.29. The second kappa shape index (κ2) is 11.8. The van der Waals surface area contributed by atoms with Gasteiger partial charge in [-0.25, -0.2) is 0 Å². The molecule has 1 fully saturated rings. The Morgan fingerprint density at radius 1 is 1.24 bits per heavy atom. The minimum Gasteiger partial charge on any atom is -0.389 e. The van der Waals surface area contributed by atoms with E-state index < -0.39 is 11.5 Å². The Bertz CT molecular complexity index is 643. The van der Waals surface area contributed by atoms with Crippen LogP contribution >= 0.6 is 0 Å². The number of nitrogens with one attached hydrogen (secondary N) is 2. The highest BCUT2D eigenvalue weighted by Gasteiger charge is 2.42. The molecule has 162 valence electrons. The molecule has 1 unspecified atom stereocenters. The van der Waals surface area contributed by atoms with Crippen molar-refractivity contribution in [3.05, 3.63) is 35.9 Å². The van der Waals surface area contributed by atoms with E-state index in [0.717, 1.165) is 31.2 Å². The quantitative estimate of drug-likeness (QED) is 0.409. The van der Waals surface area contributed by atoms with Gasteiger partial charge >= 0.3 is 0 Å². The highest BCUT2D eigenvalue weighted by molar-refractivity contribution is 5.84. The number of guanidine groups is 1. The summed E-state index contributed by atoms with van der Waals surface area (Å²) in [6, 6.07) is 9.89. The van der Waals surface area contributed by atoms with Crippen molar-refractivity contribution < 1.29 is 14.6 Å². The Labute approximate surface area is 174 Å². The molecule has 0 aromatic heterocycles. The molecule has 1 aliphatic carbocycles. The maximum Gasteiger partial charge on any atom is 0.230 e. The highest BCUT2D eigenvalue weighted by atomic mass is 16.5. The molecular formula is C22H36N4O3. The summed E-state index contributed by atoms with van der Waals surface area (Å²) in [5.74, 6) is 0.774. The standard InChI is InChI=1S/C22H36N4O3/c1-4-23-21(25-17-22(12-8-9-13-22)20(28)26(2)3)24-14-19(27)16-29-15-18-10-6-5-7-11-18/h5-7,10-11,19,27H,4,8-9,12-17H2,1-3H3,(H2,23,24,25). The topological polar surface area (TPSA) is 86.2 Å². The lowest BCUT2D eigenvalue weighted by Crippen LogP contribution is -2.44. The van der Waals surface area contributed by atoms with E-state index in [1.54, 1.807) is 19.0 Å². The number of hydrogen-bond acceptors (Lipinski definition) is 4. The first-order valence-electron chi connectivity index (χ1n) is 10.5. The second-order valence-corrected chi connectivity index (χ2v) is 7.92. The minimum absolute atomic E-state index is 0.156. The van der Waals surface area contributed by atoms with Crippen LogP contribution in [-0.2, 0) is 16.1 Å². The zero-order valence-corrected chi connectivity index (χ0v) is 18.0. The van der Waals surface area contributed by atoms with Crippen molar-refractivity contribution in [2.75, 3.05) is 40.3 Å². The lowest BCUT2D eigenvalue weighted by molar-refractivity contribution is -0.138. The second-order valence-electron chi connectivity index (χ2n) is 7.92. The third kappa shape index (κ3) is 7.33. The molecule has 7 nitrogen and oxygen atoms in total. The number of ether oxygens (including phenoxy) is 1. The molecule has 2 rings (SSSR count). The first-order valence-corrected chi connectivity index (χ1v) is 10.5. The average molecular weight is 405 g/mol. The van der Waals surface area contributed by atoms with Crippen molar-refractivity contribution in [3.8, 4) is 0 Å². The fourth-order valence-corrected chi connectivity index (χ4v) is 3.70. The van der Waals surface area contributed by atoms with Crippen LogP contribution in [0.2, 0.25) is 0 Å². The predicted molar refractivity (Wildman–Crippen MR) is 116 cm³/mol. The summed E-state index contributed by atoms with van der Waals surface area (Å²) >= 11 is 0. The number of carbonyl (C=O) groups is 1. The fraction of sp³-hybridized carbons (Fsp3) is 0.636. The average Bonchev–Trinajstić information content (AvgIpc) is 3.20. The Morgan fingerprint density at radius 2 is 1.93 bits per heavy atom. The van der Waals surface area contributed by atoms with Gasteiger partial charge in [-0.1, -0.05) is 43.2 Å². The van der Waals surface area contributed by atoms with E-state index in [9.17, 15) is 9.90 Å². The largest absolute Gasteiger partial charge is 0.389 e. The van der Waals surface area contributed by atoms with Gasteiger partial charge in [-0.05, 0) is 25.3 Å². The highest BCUT2D eigenvalue weighted by Crippen LogP contribution is 2.39. The molecule has 1 aromatic rings. The van der Waals surface area contributed by atoms with Gasteiger partial charge in [0.05, 0.1) is 31.3 Å². The van der Waals surface area contributed by atoms with Gasteiger partial charge in [0.25, 0.3) is 0 Å². The van der Waals surface area contributed by atoms with E-state index in [1.165, 1.54) is 0 Å². The number of rotatable bonds is 10. The molecule has 0 aliphatic heterocycles. The summed E-state index contributed by atoms with van der Waals surface area (Å²) in [4.78, 5) is 19.0. The van der Waals surface area contributed by atoms with Crippen molar-refractivity contribution in [1.29, 1.82) is 0 Å². The summed E-state index contributed by atoms with van der Waals surface area (Å²) in [6.45, 7) is 4.20.